The zero-order chi connectivity index (χ0) is 26.5. The van der Waals surface area contributed by atoms with E-state index < -0.39 is 39.8 Å². The van der Waals surface area contributed by atoms with Crippen LogP contribution in [0.25, 0.3) is 11.3 Å². The molecule has 4 atom stereocenters. The highest BCUT2D eigenvalue weighted by atomic mass is 32.2. The largest absolute Gasteiger partial charge is 0.451 e. The smallest absolute Gasteiger partial charge is 0.351 e. The summed E-state index contributed by atoms with van der Waals surface area (Å²) >= 11 is 0. The van der Waals surface area contributed by atoms with E-state index in [0.29, 0.717) is 17.7 Å². The maximum Gasteiger partial charge on any atom is 0.451 e. The van der Waals surface area contributed by atoms with Gasteiger partial charge in [0.2, 0.25) is 21.8 Å². The third kappa shape index (κ3) is 4.80. The van der Waals surface area contributed by atoms with Crippen LogP contribution in [0.15, 0.2) is 59.9 Å². The van der Waals surface area contributed by atoms with E-state index in [9.17, 15) is 30.8 Å². The Bertz CT molecular complexity index is 1430. The van der Waals surface area contributed by atoms with Crippen LogP contribution < -0.4 is 5.32 Å². The van der Waals surface area contributed by atoms with Crippen molar-refractivity contribution in [3.63, 3.8) is 0 Å². The normalized spacial score (nSPS) is 23.5. The Balaban J connectivity index is 1.30. The van der Waals surface area contributed by atoms with Crippen LogP contribution in [0.5, 0.6) is 0 Å². The summed E-state index contributed by atoms with van der Waals surface area (Å²) in [7, 11) is -4.03. The Kier molecular flexibility index (Phi) is 6.23. The van der Waals surface area contributed by atoms with Crippen molar-refractivity contribution in [2.75, 3.05) is 0 Å². The van der Waals surface area contributed by atoms with Crippen molar-refractivity contribution in [2.24, 2.45) is 11.8 Å². The Morgan fingerprint density at radius 2 is 1.78 bits per heavy atom. The van der Waals surface area contributed by atoms with Crippen LogP contribution in [0.4, 0.5) is 17.6 Å². The second-order valence-corrected chi connectivity index (χ2v) is 11.0. The molecule has 194 valence electrons. The predicted molar refractivity (Wildman–Crippen MR) is 122 cm³/mol. The molecule has 5 rings (SSSR count). The molecular weight excluding hydrogens is 514 g/mol. The van der Waals surface area contributed by atoms with Gasteiger partial charge in [-0.05, 0) is 60.2 Å². The van der Waals surface area contributed by atoms with Crippen LogP contribution in [0.2, 0.25) is 0 Å². The summed E-state index contributed by atoms with van der Waals surface area (Å²) < 4.78 is 79.4. The molecule has 3 aromatic rings. The molecule has 8 nitrogen and oxygen atoms in total. The summed E-state index contributed by atoms with van der Waals surface area (Å²) in [6, 6.07) is 6.49. The zero-order valence-corrected chi connectivity index (χ0v) is 20.2. The molecule has 1 aromatic carbocycles. The molecule has 1 saturated carbocycles. The van der Waals surface area contributed by atoms with Gasteiger partial charge in [-0.15, -0.1) is 0 Å². The summed E-state index contributed by atoms with van der Waals surface area (Å²) in [4.78, 5) is 23.8. The zero-order valence-electron chi connectivity index (χ0n) is 19.4. The molecule has 3 heterocycles. The van der Waals surface area contributed by atoms with Crippen molar-refractivity contribution in [1.82, 2.24) is 24.6 Å². The molecule has 1 saturated heterocycles. The number of piperidine rings is 1. The van der Waals surface area contributed by atoms with Crippen molar-refractivity contribution in [3.05, 3.63) is 72.2 Å². The van der Waals surface area contributed by atoms with Crippen LogP contribution in [-0.2, 0) is 27.5 Å². The van der Waals surface area contributed by atoms with Crippen LogP contribution in [0.3, 0.4) is 0 Å². The molecular formula is C24H21F4N5O3S. The summed E-state index contributed by atoms with van der Waals surface area (Å²) in [6.07, 6.45) is -0.807. The first-order valence-corrected chi connectivity index (χ1v) is 12.8. The number of rotatable bonds is 6. The van der Waals surface area contributed by atoms with Crippen LogP contribution >= 0.6 is 0 Å². The number of halogens is 4. The van der Waals surface area contributed by atoms with E-state index in [-0.39, 0.29) is 34.9 Å². The molecule has 1 aliphatic heterocycles. The number of pyridine rings is 1. The fraction of sp³-hybridized carbons (Fsp3) is 0.333. The maximum absolute atomic E-state index is 13.3. The Labute approximate surface area is 209 Å². The standard InChI is InChI=1S/C24H21F4N5O3S/c1-13-18-9-20(33(21(13)18)37(35,36)17-4-2-16(25)3-5-17)22(34)30-10-14-6-7-29-19(8-14)15-11-31-23(32-12-15)24(26,27)28/h2-8,11-13,18,20-21H,9-10H2,1H3,(H,30,34)/t13-,18+,20-,21-/m0/s1. The Morgan fingerprint density at radius 1 is 1.11 bits per heavy atom. The monoisotopic (exact) mass is 535 g/mol. The number of aromatic nitrogens is 3. The molecule has 0 spiro atoms. The van der Waals surface area contributed by atoms with E-state index in [1.165, 1.54) is 22.6 Å². The summed E-state index contributed by atoms with van der Waals surface area (Å²) in [5.74, 6) is -2.11. The number of carbonyl (C=O) groups excluding carboxylic acids is 1. The molecule has 1 amide bonds. The number of fused-ring (bicyclic) bond motifs is 1. The van der Waals surface area contributed by atoms with Gasteiger partial charge in [-0.2, -0.15) is 17.5 Å². The molecule has 0 radical (unpaired) electrons. The van der Waals surface area contributed by atoms with Gasteiger partial charge < -0.3 is 5.32 Å². The average Bonchev–Trinajstić information content (AvgIpc) is 3.29. The molecule has 2 aliphatic rings. The first-order chi connectivity index (χ1) is 17.5. The van der Waals surface area contributed by atoms with E-state index >= 15 is 0 Å². The fourth-order valence-corrected chi connectivity index (χ4v) is 6.71. The number of alkyl halides is 3. The van der Waals surface area contributed by atoms with Gasteiger partial charge in [-0.3, -0.25) is 9.78 Å². The van der Waals surface area contributed by atoms with E-state index in [2.05, 4.69) is 20.3 Å². The molecule has 2 aromatic heterocycles. The first kappa shape index (κ1) is 25.2. The van der Waals surface area contributed by atoms with Gasteiger partial charge in [-0.25, -0.2) is 22.8 Å². The lowest BCUT2D eigenvalue weighted by atomic mass is 10.1. The van der Waals surface area contributed by atoms with Crippen LogP contribution in [0.1, 0.15) is 24.7 Å². The van der Waals surface area contributed by atoms with Crippen LogP contribution in [-0.4, -0.2) is 45.7 Å². The third-order valence-electron chi connectivity index (χ3n) is 6.79. The van der Waals surface area contributed by atoms with Crippen molar-refractivity contribution in [1.29, 1.82) is 0 Å². The number of amides is 1. The van der Waals surface area contributed by atoms with Crippen LogP contribution in [0, 0.1) is 17.7 Å². The highest BCUT2D eigenvalue weighted by Crippen LogP contribution is 2.55. The second-order valence-electron chi connectivity index (χ2n) is 9.11. The van der Waals surface area contributed by atoms with Gasteiger partial charge in [0.05, 0.1) is 10.6 Å². The lowest BCUT2D eigenvalue weighted by Crippen LogP contribution is -2.48. The molecule has 37 heavy (non-hydrogen) atoms. The van der Waals surface area contributed by atoms with Gasteiger partial charge in [0.25, 0.3) is 0 Å². The van der Waals surface area contributed by atoms with Crippen molar-refractivity contribution in [3.8, 4) is 11.3 Å². The minimum Gasteiger partial charge on any atom is -0.351 e. The van der Waals surface area contributed by atoms with E-state index in [1.54, 1.807) is 12.1 Å². The summed E-state index contributed by atoms with van der Waals surface area (Å²) in [5, 5.41) is 2.75. The average molecular weight is 536 g/mol. The number of nitrogens with one attached hydrogen (secondary N) is 1. The van der Waals surface area contributed by atoms with E-state index in [0.717, 1.165) is 24.5 Å². The van der Waals surface area contributed by atoms with Gasteiger partial charge in [0.15, 0.2) is 0 Å². The van der Waals surface area contributed by atoms with Gasteiger partial charge in [0, 0.05) is 36.7 Å². The van der Waals surface area contributed by atoms with Gasteiger partial charge in [0.1, 0.15) is 11.9 Å². The minimum atomic E-state index is -4.66. The summed E-state index contributed by atoms with van der Waals surface area (Å²) in [5.41, 5.74) is 1.18. The first-order valence-electron chi connectivity index (χ1n) is 11.4. The maximum atomic E-state index is 13.3. The van der Waals surface area contributed by atoms with Gasteiger partial charge in [-0.1, -0.05) is 6.92 Å². The lowest BCUT2D eigenvalue weighted by molar-refractivity contribution is -0.145. The quantitative estimate of drug-likeness (QED) is 0.485. The highest BCUT2D eigenvalue weighted by Gasteiger charge is 2.63. The number of hydrogen-bond acceptors (Lipinski definition) is 6. The molecule has 2 fully saturated rings. The lowest BCUT2D eigenvalue weighted by Gasteiger charge is -2.27. The van der Waals surface area contributed by atoms with Gasteiger partial charge >= 0.3 is 6.18 Å². The molecule has 1 N–H and O–H groups in total. The van der Waals surface area contributed by atoms with Crippen molar-refractivity contribution in [2.45, 2.75) is 43.0 Å². The minimum absolute atomic E-state index is 0.0433. The highest BCUT2D eigenvalue weighted by molar-refractivity contribution is 7.89. The second kappa shape index (κ2) is 9.14. The topological polar surface area (TPSA) is 105 Å². The molecule has 13 heteroatoms. The molecule has 1 aliphatic carbocycles. The number of hydrogen-bond donors (Lipinski definition) is 1. The Morgan fingerprint density at radius 3 is 2.43 bits per heavy atom. The number of benzene rings is 1. The number of nitrogens with zero attached hydrogens (tertiary/aromatic N) is 4. The van der Waals surface area contributed by atoms with E-state index in [1.807, 2.05) is 6.92 Å². The van der Waals surface area contributed by atoms with Crippen molar-refractivity contribution >= 4 is 15.9 Å². The predicted octanol–water partition coefficient (Wildman–Crippen LogP) is 3.41. The Hall–Kier alpha value is -3.45. The number of carbonyl (C=O) groups is 1. The molecule has 0 unspecified atom stereocenters. The third-order valence-corrected chi connectivity index (χ3v) is 8.71. The number of sulfonamides is 1. The van der Waals surface area contributed by atoms with Crippen molar-refractivity contribution < 1.29 is 30.8 Å². The fourth-order valence-electron chi connectivity index (χ4n) is 4.80. The SMILES string of the molecule is C[C@H]1[C@H]2C[C@@H](C(=O)NCc3ccnc(-c4cnc(C(F)(F)F)nc4)c3)N(S(=O)(=O)c3ccc(F)cc3)[C@@H]12. The summed E-state index contributed by atoms with van der Waals surface area (Å²) in [6.45, 7) is 1.97. The molecule has 0 bridgehead atoms. The van der Waals surface area contributed by atoms with E-state index in [4.69, 9.17) is 0 Å².